The van der Waals surface area contributed by atoms with Crippen molar-refractivity contribution in [1.82, 2.24) is 0 Å². The summed E-state index contributed by atoms with van der Waals surface area (Å²) in [6.07, 6.45) is 1.07. The summed E-state index contributed by atoms with van der Waals surface area (Å²) in [6.45, 7) is 5.20. The second-order valence-corrected chi connectivity index (χ2v) is 7.11. The summed E-state index contributed by atoms with van der Waals surface area (Å²) in [5, 5.41) is 3.15. The molecule has 0 aromatic heterocycles. The molecule has 118 valence electrons. The topological polar surface area (TPSA) is 58.2 Å². The Morgan fingerprint density at radius 2 is 1.64 bits per heavy atom. The average molecular weight is 322 g/mol. The molecule has 2 aromatic rings. The Bertz CT molecular complexity index is 817. The van der Waals surface area contributed by atoms with Gasteiger partial charge < -0.3 is 5.32 Å². The van der Waals surface area contributed by atoms with Crippen LogP contribution in [0.5, 0.6) is 0 Å². The number of para-hydroxylation sites is 1. The maximum atomic E-state index is 14.0. The number of anilines is 3. The van der Waals surface area contributed by atoms with Gasteiger partial charge in [-0.3, -0.25) is 4.72 Å². The Labute approximate surface area is 130 Å². The van der Waals surface area contributed by atoms with E-state index in [4.69, 9.17) is 0 Å². The zero-order chi connectivity index (χ0) is 16.5. The average Bonchev–Trinajstić information content (AvgIpc) is 2.41. The molecule has 0 aliphatic heterocycles. The molecule has 6 heteroatoms. The van der Waals surface area contributed by atoms with Crippen molar-refractivity contribution in [3.05, 3.63) is 52.8 Å². The molecular formula is C16H19FN2O2S. The van der Waals surface area contributed by atoms with Crippen molar-refractivity contribution in [2.24, 2.45) is 0 Å². The van der Waals surface area contributed by atoms with E-state index in [2.05, 4.69) is 10.0 Å². The molecule has 22 heavy (non-hydrogen) atoms. The fourth-order valence-electron chi connectivity index (χ4n) is 2.20. The first-order valence-corrected chi connectivity index (χ1v) is 8.68. The Balaban J connectivity index is 2.60. The van der Waals surface area contributed by atoms with Crippen LogP contribution < -0.4 is 10.0 Å². The molecule has 0 heterocycles. The SMILES string of the molecule is Cc1ccccc1Nc1c(C)c(F)cc(C)c1NS(C)(=O)=O. The predicted molar refractivity (Wildman–Crippen MR) is 88.8 cm³/mol. The van der Waals surface area contributed by atoms with Gasteiger partial charge >= 0.3 is 0 Å². The van der Waals surface area contributed by atoms with Crippen molar-refractivity contribution < 1.29 is 12.8 Å². The number of nitrogens with one attached hydrogen (secondary N) is 2. The molecule has 2 N–H and O–H groups in total. The maximum Gasteiger partial charge on any atom is 0.229 e. The van der Waals surface area contributed by atoms with Crippen molar-refractivity contribution in [2.45, 2.75) is 20.8 Å². The van der Waals surface area contributed by atoms with Crippen LogP contribution in [0.4, 0.5) is 21.5 Å². The number of sulfonamides is 1. The minimum Gasteiger partial charge on any atom is -0.353 e. The van der Waals surface area contributed by atoms with Crippen LogP contribution in [-0.4, -0.2) is 14.7 Å². The van der Waals surface area contributed by atoms with E-state index in [1.54, 1.807) is 13.8 Å². The summed E-state index contributed by atoms with van der Waals surface area (Å²) >= 11 is 0. The standard InChI is InChI=1S/C16H19FN2O2S/c1-10-7-5-6-8-14(10)18-16-12(3)13(17)9-11(2)15(16)19-22(4,20)21/h5-9,18-19H,1-4H3. The smallest absolute Gasteiger partial charge is 0.229 e. The van der Waals surface area contributed by atoms with E-state index in [0.717, 1.165) is 17.5 Å². The third kappa shape index (κ3) is 3.57. The van der Waals surface area contributed by atoms with Gasteiger partial charge in [-0.2, -0.15) is 0 Å². The maximum absolute atomic E-state index is 14.0. The van der Waals surface area contributed by atoms with E-state index in [1.807, 2.05) is 31.2 Å². The molecule has 0 radical (unpaired) electrons. The van der Waals surface area contributed by atoms with Gasteiger partial charge in [0.05, 0.1) is 17.6 Å². The molecule has 0 unspecified atom stereocenters. The number of hydrogen-bond acceptors (Lipinski definition) is 3. The lowest BCUT2D eigenvalue weighted by molar-refractivity contribution is 0.606. The van der Waals surface area contributed by atoms with E-state index in [1.165, 1.54) is 6.07 Å². The van der Waals surface area contributed by atoms with Crippen LogP contribution in [0, 0.1) is 26.6 Å². The van der Waals surface area contributed by atoms with Crippen LogP contribution in [0.1, 0.15) is 16.7 Å². The van der Waals surface area contributed by atoms with E-state index in [-0.39, 0.29) is 5.82 Å². The summed E-state index contributed by atoms with van der Waals surface area (Å²) < 4.78 is 39.7. The van der Waals surface area contributed by atoms with Crippen LogP contribution in [-0.2, 0) is 10.0 Å². The predicted octanol–water partition coefficient (Wildman–Crippen LogP) is 3.87. The van der Waals surface area contributed by atoms with Crippen molar-refractivity contribution >= 4 is 27.1 Å². The molecule has 0 atom stereocenters. The van der Waals surface area contributed by atoms with Gasteiger partial charge in [-0.05, 0) is 44.0 Å². The first-order chi connectivity index (χ1) is 10.2. The molecule has 0 saturated carbocycles. The first-order valence-electron chi connectivity index (χ1n) is 6.79. The largest absolute Gasteiger partial charge is 0.353 e. The van der Waals surface area contributed by atoms with Gasteiger partial charge in [0.25, 0.3) is 0 Å². The minimum atomic E-state index is -3.47. The lowest BCUT2D eigenvalue weighted by Gasteiger charge is -2.19. The number of hydrogen-bond donors (Lipinski definition) is 2. The molecule has 0 amide bonds. The van der Waals surface area contributed by atoms with Gasteiger partial charge in [0, 0.05) is 11.3 Å². The Hall–Kier alpha value is -2.08. The molecule has 0 bridgehead atoms. The molecular weight excluding hydrogens is 303 g/mol. The van der Waals surface area contributed by atoms with Crippen LogP contribution in [0.15, 0.2) is 30.3 Å². The van der Waals surface area contributed by atoms with Crippen LogP contribution in [0.3, 0.4) is 0 Å². The summed E-state index contributed by atoms with van der Waals surface area (Å²) in [5.41, 5.74) is 3.45. The fourth-order valence-corrected chi connectivity index (χ4v) is 2.83. The summed E-state index contributed by atoms with van der Waals surface area (Å²) in [6, 6.07) is 8.87. The van der Waals surface area contributed by atoms with E-state index >= 15 is 0 Å². The quantitative estimate of drug-likeness (QED) is 0.898. The highest BCUT2D eigenvalue weighted by molar-refractivity contribution is 7.92. The van der Waals surface area contributed by atoms with Crippen molar-refractivity contribution in [3.8, 4) is 0 Å². The number of halogens is 1. The summed E-state index contributed by atoms with van der Waals surface area (Å²) in [4.78, 5) is 0. The van der Waals surface area contributed by atoms with E-state index < -0.39 is 10.0 Å². The highest BCUT2D eigenvalue weighted by Crippen LogP contribution is 2.35. The van der Waals surface area contributed by atoms with Gasteiger partial charge in [-0.1, -0.05) is 18.2 Å². The van der Waals surface area contributed by atoms with Gasteiger partial charge in [-0.15, -0.1) is 0 Å². The lowest BCUT2D eigenvalue weighted by Crippen LogP contribution is -2.13. The monoisotopic (exact) mass is 322 g/mol. The number of benzene rings is 2. The van der Waals surface area contributed by atoms with Crippen molar-refractivity contribution in [3.63, 3.8) is 0 Å². The van der Waals surface area contributed by atoms with Crippen molar-refractivity contribution in [2.75, 3.05) is 16.3 Å². The van der Waals surface area contributed by atoms with Crippen molar-refractivity contribution in [1.29, 1.82) is 0 Å². The minimum absolute atomic E-state index is 0.361. The molecule has 0 aliphatic rings. The Kier molecular flexibility index (Phi) is 4.42. The molecule has 0 aliphatic carbocycles. The van der Waals surface area contributed by atoms with Gasteiger partial charge in [-0.25, -0.2) is 12.8 Å². The molecule has 0 saturated heterocycles. The molecule has 0 spiro atoms. The molecule has 4 nitrogen and oxygen atoms in total. The van der Waals surface area contributed by atoms with Crippen LogP contribution >= 0.6 is 0 Å². The fraction of sp³-hybridized carbons (Fsp3) is 0.250. The van der Waals surface area contributed by atoms with E-state index in [9.17, 15) is 12.8 Å². The second-order valence-electron chi connectivity index (χ2n) is 5.36. The molecule has 2 rings (SSSR count). The zero-order valence-corrected chi connectivity index (χ0v) is 13.8. The van der Waals surface area contributed by atoms with Crippen LogP contribution in [0.2, 0.25) is 0 Å². The van der Waals surface area contributed by atoms with Gasteiger partial charge in [0.1, 0.15) is 5.82 Å². The first kappa shape index (κ1) is 16.3. The Morgan fingerprint density at radius 3 is 2.23 bits per heavy atom. The zero-order valence-electron chi connectivity index (χ0n) is 13.0. The van der Waals surface area contributed by atoms with Gasteiger partial charge in [0.15, 0.2) is 0 Å². The Morgan fingerprint density at radius 1 is 1.00 bits per heavy atom. The van der Waals surface area contributed by atoms with E-state index in [0.29, 0.717) is 22.5 Å². The molecule has 2 aromatic carbocycles. The highest BCUT2D eigenvalue weighted by atomic mass is 32.2. The van der Waals surface area contributed by atoms with Crippen LogP contribution in [0.25, 0.3) is 0 Å². The third-order valence-corrected chi connectivity index (χ3v) is 3.99. The number of aryl methyl sites for hydroxylation is 2. The van der Waals surface area contributed by atoms with Gasteiger partial charge in [0.2, 0.25) is 10.0 Å². The molecule has 0 fully saturated rings. The second kappa shape index (κ2) is 5.96. The summed E-state index contributed by atoms with van der Waals surface area (Å²) in [5.74, 6) is -0.382. The lowest BCUT2D eigenvalue weighted by atomic mass is 10.1. The number of rotatable bonds is 4. The normalized spacial score (nSPS) is 11.3. The summed E-state index contributed by atoms with van der Waals surface area (Å²) in [7, 11) is -3.47. The third-order valence-electron chi connectivity index (χ3n) is 3.41. The highest BCUT2D eigenvalue weighted by Gasteiger charge is 2.17.